The van der Waals surface area contributed by atoms with Crippen molar-refractivity contribution in [1.82, 2.24) is 15.1 Å². The van der Waals surface area contributed by atoms with Gasteiger partial charge in [-0.25, -0.2) is 4.39 Å². The summed E-state index contributed by atoms with van der Waals surface area (Å²) in [7, 11) is 1.80. The first-order chi connectivity index (χ1) is 11.2. The Morgan fingerprint density at radius 2 is 2.08 bits per heavy atom. The maximum atomic E-state index is 13.9. The molecule has 0 amide bonds. The highest BCUT2D eigenvalue weighted by molar-refractivity contribution is 14.0. The summed E-state index contributed by atoms with van der Waals surface area (Å²) in [4.78, 5) is 9.26. The standard InChI is InChI=1S/C17H24BrFN4.HI/c1-20-17(21-11-13-4-5-14(18)10-16(13)19)23-9-6-15(12-23)22-7-2-3-8-22;/h4-5,10,15H,2-3,6-9,11-12H2,1H3,(H,20,21);1H. The van der Waals surface area contributed by atoms with Crippen molar-refractivity contribution < 1.29 is 4.39 Å². The monoisotopic (exact) mass is 510 g/mol. The number of guanidine groups is 1. The van der Waals surface area contributed by atoms with E-state index in [4.69, 9.17) is 0 Å². The molecule has 2 aliphatic rings. The molecular weight excluding hydrogens is 486 g/mol. The molecule has 0 radical (unpaired) electrons. The number of nitrogens with one attached hydrogen (secondary N) is 1. The second-order valence-corrected chi connectivity index (χ2v) is 7.18. The topological polar surface area (TPSA) is 30.9 Å². The zero-order chi connectivity index (χ0) is 16.2. The number of nitrogens with zero attached hydrogens (tertiary/aromatic N) is 3. The number of rotatable bonds is 3. The predicted octanol–water partition coefficient (Wildman–Crippen LogP) is 3.45. The largest absolute Gasteiger partial charge is 0.352 e. The Kier molecular flexibility index (Phi) is 7.74. The van der Waals surface area contributed by atoms with Crippen molar-refractivity contribution in [1.29, 1.82) is 0 Å². The molecule has 2 aliphatic heterocycles. The summed E-state index contributed by atoms with van der Waals surface area (Å²) >= 11 is 3.29. The molecule has 0 spiro atoms. The van der Waals surface area contributed by atoms with Crippen LogP contribution < -0.4 is 5.32 Å². The zero-order valence-corrected chi connectivity index (χ0v) is 17.9. The second kappa shape index (κ2) is 9.33. The molecule has 0 saturated carbocycles. The van der Waals surface area contributed by atoms with Crippen molar-refractivity contribution in [2.24, 2.45) is 4.99 Å². The smallest absolute Gasteiger partial charge is 0.193 e. The fourth-order valence-corrected chi connectivity index (χ4v) is 3.84. The molecule has 0 aromatic heterocycles. The molecule has 1 aromatic rings. The van der Waals surface area contributed by atoms with E-state index in [1.54, 1.807) is 13.1 Å². The molecule has 134 valence electrons. The lowest BCUT2D eigenvalue weighted by molar-refractivity contribution is 0.249. The molecule has 2 heterocycles. The normalized spacial score (nSPS) is 21.9. The average molecular weight is 511 g/mol. The van der Waals surface area contributed by atoms with Crippen LogP contribution in [0.15, 0.2) is 27.7 Å². The first kappa shape index (κ1) is 19.9. The number of benzene rings is 1. The van der Waals surface area contributed by atoms with Gasteiger partial charge in [-0.1, -0.05) is 22.0 Å². The van der Waals surface area contributed by atoms with Crippen LogP contribution in [0.2, 0.25) is 0 Å². The molecule has 7 heteroatoms. The zero-order valence-electron chi connectivity index (χ0n) is 14.0. The molecular formula is C17H25BrFIN4. The summed E-state index contributed by atoms with van der Waals surface area (Å²) < 4.78 is 14.7. The number of hydrogen-bond acceptors (Lipinski definition) is 2. The molecule has 1 aromatic carbocycles. The summed E-state index contributed by atoms with van der Waals surface area (Å²) in [6.07, 6.45) is 3.84. The van der Waals surface area contributed by atoms with E-state index in [1.807, 2.05) is 6.07 Å². The van der Waals surface area contributed by atoms with Gasteiger partial charge in [0.1, 0.15) is 5.82 Å². The van der Waals surface area contributed by atoms with Crippen LogP contribution in [0.4, 0.5) is 4.39 Å². The van der Waals surface area contributed by atoms with Gasteiger partial charge in [0, 0.05) is 42.8 Å². The minimum absolute atomic E-state index is 0. The van der Waals surface area contributed by atoms with Gasteiger partial charge in [0.05, 0.1) is 0 Å². The number of halogens is 3. The molecule has 1 N–H and O–H groups in total. The number of hydrogen-bond donors (Lipinski definition) is 1. The van der Waals surface area contributed by atoms with Crippen LogP contribution in [0.25, 0.3) is 0 Å². The lowest BCUT2D eigenvalue weighted by Crippen LogP contribution is -2.42. The Morgan fingerprint density at radius 3 is 2.75 bits per heavy atom. The maximum Gasteiger partial charge on any atom is 0.193 e. The SMILES string of the molecule is CN=C(NCc1ccc(Br)cc1F)N1CCC(N2CCCC2)C1.I. The van der Waals surface area contributed by atoms with Gasteiger partial charge in [-0.05, 0) is 44.5 Å². The van der Waals surface area contributed by atoms with Crippen LogP contribution in [0.1, 0.15) is 24.8 Å². The van der Waals surface area contributed by atoms with E-state index in [1.165, 1.54) is 38.4 Å². The summed E-state index contributed by atoms with van der Waals surface area (Å²) in [5.74, 6) is 0.674. The van der Waals surface area contributed by atoms with Gasteiger partial charge >= 0.3 is 0 Å². The van der Waals surface area contributed by atoms with Gasteiger partial charge in [0.2, 0.25) is 0 Å². The van der Waals surface area contributed by atoms with Gasteiger partial charge in [-0.2, -0.15) is 0 Å². The van der Waals surface area contributed by atoms with Gasteiger partial charge in [0.15, 0.2) is 5.96 Å². The summed E-state index contributed by atoms with van der Waals surface area (Å²) in [6, 6.07) is 5.80. The molecule has 1 atom stereocenters. The molecule has 0 bridgehead atoms. The third-order valence-electron chi connectivity index (χ3n) is 4.78. The third-order valence-corrected chi connectivity index (χ3v) is 5.28. The third kappa shape index (κ3) is 4.82. The van der Waals surface area contributed by atoms with E-state index in [0.29, 0.717) is 18.2 Å². The highest BCUT2D eigenvalue weighted by atomic mass is 127. The van der Waals surface area contributed by atoms with E-state index >= 15 is 0 Å². The number of aliphatic imine (C=N–C) groups is 1. The van der Waals surface area contributed by atoms with Gasteiger partial charge in [0.25, 0.3) is 0 Å². The van der Waals surface area contributed by atoms with Crippen LogP contribution in [0.5, 0.6) is 0 Å². The highest BCUT2D eigenvalue weighted by Gasteiger charge is 2.30. The first-order valence-corrected chi connectivity index (χ1v) is 9.10. The molecule has 2 fully saturated rings. The molecule has 2 saturated heterocycles. The lowest BCUT2D eigenvalue weighted by atomic mass is 10.2. The van der Waals surface area contributed by atoms with E-state index in [0.717, 1.165) is 23.5 Å². The molecule has 24 heavy (non-hydrogen) atoms. The van der Waals surface area contributed by atoms with Crippen molar-refractivity contribution in [3.63, 3.8) is 0 Å². The van der Waals surface area contributed by atoms with E-state index in [2.05, 4.69) is 36.0 Å². The Hall–Kier alpha value is -0.410. The Morgan fingerprint density at radius 1 is 1.33 bits per heavy atom. The Labute approximate surface area is 169 Å². The van der Waals surface area contributed by atoms with E-state index in [9.17, 15) is 4.39 Å². The quantitative estimate of drug-likeness (QED) is 0.384. The van der Waals surface area contributed by atoms with Crippen LogP contribution in [-0.2, 0) is 6.54 Å². The fraction of sp³-hybridized carbons (Fsp3) is 0.588. The maximum absolute atomic E-state index is 13.9. The Bertz CT molecular complexity index is 578. The molecule has 3 rings (SSSR count). The molecule has 0 aliphatic carbocycles. The van der Waals surface area contributed by atoms with Crippen LogP contribution >= 0.6 is 39.9 Å². The number of likely N-dealkylation sites (tertiary alicyclic amines) is 2. The van der Waals surface area contributed by atoms with Gasteiger partial charge in [-0.3, -0.25) is 9.89 Å². The van der Waals surface area contributed by atoms with Gasteiger partial charge in [-0.15, -0.1) is 24.0 Å². The first-order valence-electron chi connectivity index (χ1n) is 8.31. The molecule has 1 unspecified atom stereocenters. The predicted molar refractivity (Wildman–Crippen MR) is 110 cm³/mol. The highest BCUT2D eigenvalue weighted by Crippen LogP contribution is 2.20. The van der Waals surface area contributed by atoms with E-state index < -0.39 is 0 Å². The minimum atomic E-state index is -0.196. The summed E-state index contributed by atoms with van der Waals surface area (Å²) in [5, 5.41) is 3.30. The van der Waals surface area contributed by atoms with Gasteiger partial charge < -0.3 is 10.2 Å². The summed E-state index contributed by atoms with van der Waals surface area (Å²) in [6.45, 7) is 4.95. The van der Waals surface area contributed by atoms with Crippen molar-refractivity contribution in [3.05, 3.63) is 34.1 Å². The lowest BCUT2D eigenvalue weighted by Gasteiger charge is -2.25. The molecule has 4 nitrogen and oxygen atoms in total. The Balaban J connectivity index is 0.00000208. The average Bonchev–Trinajstić information content (AvgIpc) is 3.20. The van der Waals surface area contributed by atoms with Crippen molar-refractivity contribution >= 4 is 45.9 Å². The fourth-order valence-electron chi connectivity index (χ4n) is 3.51. The van der Waals surface area contributed by atoms with E-state index in [-0.39, 0.29) is 29.8 Å². The van der Waals surface area contributed by atoms with Crippen molar-refractivity contribution in [2.75, 3.05) is 33.2 Å². The van der Waals surface area contributed by atoms with Crippen LogP contribution in [0.3, 0.4) is 0 Å². The van der Waals surface area contributed by atoms with Crippen LogP contribution in [-0.4, -0.2) is 55.0 Å². The summed E-state index contributed by atoms with van der Waals surface area (Å²) in [5.41, 5.74) is 0.657. The van der Waals surface area contributed by atoms with Crippen LogP contribution in [0, 0.1) is 5.82 Å². The second-order valence-electron chi connectivity index (χ2n) is 6.27. The minimum Gasteiger partial charge on any atom is -0.352 e. The van der Waals surface area contributed by atoms with Crippen molar-refractivity contribution in [3.8, 4) is 0 Å². The van der Waals surface area contributed by atoms with Crippen molar-refractivity contribution in [2.45, 2.75) is 31.8 Å².